The summed E-state index contributed by atoms with van der Waals surface area (Å²) in [5.74, 6) is -0.524. The monoisotopic (exact) mass is 572 g/mol. The molecule has 8 nitrogen and oxygen atoms in total. The number of nitrogens with one attached hydrogen (secondary N) is 2. The minimum absolute atomic E-state index is 0.284. The molecule has 3 amide bonds. The Labute approximate surface area is 240 Å². The Morgan fingerprint density at radius 3 is 2.33 bits per heavy atom. The number of para-hydroxylation sites is 1. The molecule has 0 aromatic heterocycles. The van der Waals surface area contributed by atoms with Crippen molar-refractivity contribution in [3.63, 3.8) is 0 Å². The van der Waals surface area contributed by atoms with E-state index in [0.29, 0.717) is 22.0 Å². The van der Waals surface area contributed by atoms with E-state index in [-0.39, 0.29) is 13.0 Å². The minimum atomic E-state index is -1.16. The molecule has 0 bridgehead atoms. The molecule has 39 heavy (non-hydrogen) atoms. The number of amides is 3. The highest BCUT2D eigenvalue weighted by Crippen LogP contribution is 2.31. The Morgan fingerprint density at radius 1 is 1.10 bits per heavy atom. The van der Waals surface area contributed by atoms with Gasteiger partial charge < -0.3 is 20.3 Å². The number of alkyl carbamates (subject to hydrolysis) is 1. The van der Waals surface area contributed by atoms with Gasteiger partial charge >= 0.3 is 6.09 Å². The highest BCUT2D eigenvalue weighted by molar-refractivity contribution is 7.98. The Morgan fingerprint density at radius 2 is 1.74 bits per heavy atom. The normalized spacial score (nSPS) is 12.6. The van der Waals surface area contributed by atoms with Gasteiger partial charge in [-0.3, -0.25) is 9.59 Å². The van der Waals surface area contributed by atoms with Gasteiger partial charge in [-0.2, -0.15) is 17.0 Å². The second kappa shape index (κ2) is 14.2. The van der Waals surface area contributed by atoms with E-state index in [1.807, 2.05) is 45.2 Å². The second-order valence-electron chi connectivity index (χ2n) is 10.2. The number of ether oxygens (including phenoxy) is 1. The molecular weight excluding hydrogens is 536 g/mol. The number of anilines is 1. The lowest BCUT2D eigenvalue weighted by Gasteiger charge is -2.34. The summed E-state index contributed by atoms with van der Waals surface area (Å²) in [4.78, 5) is 41.8. The van der Waals surface area contributed by atoms with Crippen LogP contribution in [-0.4, -0.2) is 53.0 Å². The number of benzene rings is 2. The van der Waals surface area contributed by atoms with Crippen molar-refractivity contribution in [3.05, 3.63) is 63.7 Å². The van der Waals surface area contributed by atoms with E-state index in [1.54, 1.807) is 45.0 Å². The molecule has 2 aromatic carbocycles. The minimum Gasteiger partial charge on any atom is -0.444 e. The van der Waals surface area contributed by atoms with Crippen molar-refractivity contribution in [2.45, 2.75) is 65.6 Å². The molecule has 2 atom stereocenters. The van der Waals surface area contributed by atoms with E-state index in [2.05, 4.69) is 10.6 Å². The van der Waals surface area contributed by atoms with Crippen molar-refractivity contribution >= 4 is 47.0 Å². The predicted molar refractivity (Wildman–Crippen MR) is 157 cm³/mol. The van der Waals surface area contributed by atoms with Crippen LogP contribution < -0.4 is 10.6 Å². The fraction of sp³-hybridized carbons (Fsp3) is 0.448. The first-order valence-corrected chi connectivity index (χ1v) is 14.4. The average molecular weight is 573 g/mol. The lowest BCUT2D eigenvalue weighted by Crippen LogP contribution is -2.52. The van der Waals surface area contributed by atoms with Crippen molar-refractivity contribution in [1.82, 2.24) is 10.2 Å². The van der Waals surface area contributed by atoms with Crippen LogP contribution in [0.1, 0.15) is 55.5 Å². The highest BCUT2D eigenvalue weighted by atomic mass is 35.5. The van der Waals surface area contributed by atoms with Crippen molar-refractivity contribution in [3.8, 4) is 6.07 Å². The Hall–Kier alpha value is -3.22. The van der Waals surface area contributed by atoms with Crippen molar-refractivity contribution in [2.75, 3.05) is 23.9 Å². The van der Waals surface area contributed by atoms with Crippen LogP contribution in [0.5, 0.6) is 0 Å². The number of rotatable bonds is 10. The summed E-state index contributed by atoms with van der Waals surface area (Å²) in [7, 11) is 0. The smallest absolute Gasteiger partial charge is 0.408 e. The number of aryl methyl sites for hydroxylation is 2. The molecule has 0 radical (unpaired) electrons. The van der Waals surface area contributed by atoms with E-state index in [1.165, 1.54) is 16.7 Å². The number of nitriles is 1. The fourth-order valence-electron chi connectivity index (χ4n) is 4.02. The Bertz CT molecular complexity index is 1220. The Kier molecular flexibility index (Phi) is 11.7. The van der Waals surface area contributed by atoms with Gasteiger partial charge in [0.05, 0.1) is 16.8 Å². The summed E-state index contributed by atoms with van der Waals surface area (Å²) in [5, 5.41) is 15.6. The van der Waals surface area contributed by atoms with E-state index >= 15 is 0 Å². The molecule has 0 saturated heterocycles. The first-order chi connectivity index (χ1) is 18.3. The molecule has 210 valence electrons. The molecule has 0 fully saturated rings. The van der Waals surface area contributed by atoms with E-state index in [9.17, 15) is 19.6 Å². The molecule has 2 rings (SSSR count). The molecule has 2 unspecified atom stereocenters. The van der Waals surface area contributed by atoms with Gasteiger partial charge in [0.1, 0.15) is 24.2 Å². The van der Waals surface area contributed by atoms with Crippen molar-refractivity contribution < 1.29 is 19.1 Å². The third kappa shape index (κ3) is 8.91. The summed E-state index contributed by atoms with van der Waals surface area (Å²) >= 11 is 7.90. The number of carbonyl (C=O) groups is 3. The van der Waals surface area contributed by atoms with Gasteiger partial charge in [-0.15, -0.1) is 0 Å². The number of thioether (sulfide) groups is 1. The van der Waals surface area contributed by atoms with Gasteiger partial charge in [-0.05, 0) is 88.3 Å². The maximum atomic E-state index is 14.0. The fourth-order valence-corrected chi connectivity index (χ4v) is 4.76. The SMILES string of the molecule is CSCCC(NC(=O)OC(C)(C)C)C(=O)N(CC#N)C(C(=O)Nc1c(C)cccc1Cl)c1cccc(C)c1C. The van der Waals surface area contributed by atoms with Gasteiger partial charge in [-0.1, -0.05) is 41.9 Å². The third-order valence-electron chi connectivity index (χ3n) is 6.10. The zero-order valence-electron chi connectivity index (χ0n) is 23.6. The largest absolute Gasteiger partial charge is 0.444 e. The number of halogens is 1. The predicted octanol–water partition coefficient (Wildman–Crippen LogP) is 5.94. The molecule has 10 heteroatoms. The van der Waals surface area contributed by atoms with Gasteiger partial charge in [0, 0.05) is 0 Å². The third-order valence-corrected chi connectivity index (χ3v) is 7.05. The van der Waals surface area contributed by atoms with Crippen LogP contribution in [-0.2, 0) is 14.3 Å². The molecule has 0 heterocycles. The van der Waals surface area contributed by atoms with Crippen LogP contribution >= 0.6 is 23.4 Å². The van der Waals surface area contributed by atoms with E-state index in [0.717, 1.165) is 16.7 Å². The van der Waals surface area contributed by atoms with E-state index < -0.39 is 35.6 Å². The van der Waals surface area contributed by atoms with Crippen LogP contribution in [0.25, 0.3) is 0 Å². The summed E-state index contributed by atoms with van der Waals surface area (Å²) in [6.07, 6.45) is 1.42. The lowest BCUT2D eigenvalue weighted by molar-refractivity contribution is -0.140. The summed E-state index contributed by atoms with van der Waals surface area (Å²) < 4.78 is 5.38. The molecule has 0 aliphatic heterocycles. The lowest BCUT2D eigenvalue weighted by atomic mass is 9.94. The number of nitrogens with zero attached hydrogens (tertiary/aromatic N) is 2. The molecule has 0 aliphatic carbocycles. The zero-order valence-corrected chi connectivity index (χ0v) is 25.1. The molecule has 0 saturated carbocycles. The number of hydrogen-bond acceptors (Lipinski definition) is 6. The van der Waals surface area contributed by atoms with Gasteiger partial charge in [0.25, 0.3) is 5.91 Å². The van der Waals surface area contributed by atoms with Crippen LogP contribution in [0.4, 0.5) is 10.5 Å². The second-order valence-corrected chi connectivity index (χ2v) is 11.6. The molecule has 0 spiro atoms. The standard InChI is InChI=1S/C29H37ClN4O4S/c1-18-10-8-12-21(20(18)3)25(26(35)33-24-19(2)11-9-13-22(24)30)34(16-15-31)27(36)23(14-17-39-7)32-28(37)38-29(4,5)6/h8-13,23,25H,14,16-17H2,1-7H3,(H,32,37)(H,33,35). The van der Waals surface area contributed by atoms with E-state index in [4.69, 9.17) is 16.3 Å². The average Bonchev–Trinajstić information content (AvgIpc) is 2.84. The molecule has 2 aromatic rings. The summed E-state index contributed by atoms with van der Waals surface area (Å²) in [6, 6.07) is 10.6. The summed E-state index contributed by atoms with van der Waals surface area (Å²) in [6.45, 7) is 10.4. The summed E-state index contributed by atoms with van der Waals surface area (Å²) in [5.41, 5.74) is 2.71. The molecular formula is C29H37ClN4O4S. The van der Waals surface area contributed by atoms with Crippen molar-refractivity contribution in [1.29, 1.82) is 5.26 Å². The van der Waals surface area contributed by atoms with Crippen LogP contribution in [0.15, 0.2) is 36.4 Å². The van der Waals surface area contributed by atoms with Gasteiger partial charge in [0.15, 0.2) is 0 Å². The van der Waals surface area contributed by atoms with Gasteiger partial charge in [-0.25, -0.2) is 4.79 Å². The zero-order chi connectivity index (χ0) is 29.3. The van der Waals surface area contributed by atoms with Crippen LogP contribution in [0, 0.1) is 32.1 Å². The molecule has 0 aliphatic rings. The quantitative estimate of drug-likeness (QED) is 0.341. The highest BCUT2D eigenvalue weighted by Gasteiger charge is 2.37. The molecule has 2 N–H and O–H groups in total. The van der Waals surface area contributed by atoms with Crippen LogP contribution in [0.3, 0.4) is 0 Å². The van der Waals surface area contributed by atoms with Gasteiger partial charge in [0.2, 0.25) is 5.91 Å². The number of carbonyl (C=O) groups excluding carboxylic acids is 3. The first-order valence-electron chi connectivity index (χ1n) is 12.6. The van der Waals surface area contributed by atoms with Crippen molar-refractivity contribution in [2.24, 2.45) is 0 Å². The topological polar surface area (TPSA) is 112 Å². The maximum Gasteiger partial charge on any atom is 0.408 e. The first kappa shape index (κ1) is 32.0. The van der Waals surface area contributed by atoms with Crippen LogP contribution in [0.2, 0.25) is 5.02 Å². The maximum absolute atomic E-state index is 14.0. The number of hydrogen-bond donors (Lipinski definition) is 2. The Balaban J connectivity index is 2.59.